The van der Waals surface area contributed by atoms with Crippen molar-refractivity contribution in [2.45, 2.75) is 32.0 Å². The molecule has 3 heterocycles. The number of thiazole rings is 1. The van der Waals surface area contributed by atoms with E-state index in [1.54, 1.807) is 0 Å². The van der Waals surface area contributed by atoms with Crippen molar-refractivity contribution in [3.63, 3.8) is 0 Å². The van der Waals surface area contributed by atoms with Crippen molar-refractivity contribution in [2.24, 2.45) is 0 Å². The van der Waals surface area contributed by atoms with Gasteiger partial charge in [-0.2, -0.15) is 0 Å². The number of likely N-dealkylation sites (N-methyl/N-ethyl adjacent to an activating group) is 1. The quantitative estimate of drug-likeness (QED) is 0.458. The third kappa shape index (κ3) is 6.39. The van der Waals surface area contributed by atoms with Crippen molar-refractivity contribution in [3.8, 4) is 0 Å². The van der Waals surface area contributed by atoms with Crippen LogP contribution in [0.5, 0.6) is 0 Å². The zero-order valence-corrected chi connectivity index (χ0v) is 19.2. The second-order valence-corrected chi connectivity index (χ2v) is 9.85. The molecular weight excluding hydrogens is 455 g/mol. The van der Waals surface area contributed by atoms with Gasteiger partial charge in [0.25, 0.3) is 0 Å². The van der Waals surface area contributed by atoms with E-state index in [4.69, 9.17) is 25.2 Å². The molecule has 1 fully saturated rings. The fraction of sp³-hybridized carbons (Fsp3) is 0.400. The second-order valence-electron chi connectivity index (χ2n) is 6.91. The van der Waals surface area contributed by atoms with Crippen molar-refractivity contribution in [1.29, 1.82) is 0 Å². The van der Waals surface area contributed by atoms with Crippen LogP contribution in [-0.2, 0) is 26.2 Å². The van der Waals surface area contributed by atoms with Gasteiger partial charge in [0.1, 0.15) is 5.01 Å². The minimum absolute atomic E-state index is 0.194. The zero-order valence-electron chi connectivity index (χ0n) is 15.7. The van der Waals surface area contributed by atoms with Gasteiger partial charge < -0.3 is 0 Å². The van der Waals surface area contributed by atoms with E-state index in [-0.39, 0.29) is 13.1 Å². The summed E-state index contributed by atoms with van der Waals surface area (Å²) >= 11 is 2.03. The van der Waals surface area contributed by atoms with Crippen LogP contribution < -0.4 is 0 Å². The molecule has 0 N–H and O–H groups in total. The van der Waals surface area contributed by atoms with E-state index in [2.05, 4.69) is 58.2 Å². The predicted octanol–water partition coefficient (Wildman–Crippen LogP) is 5.16. The number of para-hydroxylation sites is 1. The Hall–Kier alpha value is -0.721. The molecule has 0 unspecified atom stereocenters. The maximum atomic E-state index is 4.81. The third-order valence-corrected chi connectivity index (χ3v) is 5.88. The van der Waals surface area contributed by atoms with Crippen LogP contribution in [0.4, 0.5) is 0 Å². The summed E-state index contributed by atoms with van der Waals surface area (Å²) in [5, 5.41) is 1.24. The summed E-state index contributed by atoms with van der Waals surface area (Å²) in [5.74, 6) is 0. The molecule has 8 heteroatoms. The average molecular weight is 479 g/mol. The Morgan fingerprint density at radius 2 is 2.00 bits per heavy atom. The molecule has 0 spiro atoms. The molecule has 152 valence electrons. The number of fused-ring (bicyclic) bond motifs is 1. The SMILES string of the molecule is CN(Cc1ccccn1)C[C@@H]1CCCN1Cc1nc2ccccc2s1.[Cl][Fe][Cl]. The van der Waals surface area contributed by atoms with Crippen LogP contribution in [0.2, 0.25) is 0 Å². The normalized spacial score (nSPS) is 17.2. The first-order valence-electron chi connectivity index (χ1n) is 9.21. The van der Waals surface area contributed by atoms with E-state index in [1.807, 2.05) is 23.6 Å². The first kappa shape index (κ1) is 22.0. The summed E-state index contributed by atoms with van der Waals surface area (Å²) in [5.41, 5.74) is 2.27. The first-order chi connectivity index (χ1) is 13.7. The molecular formula is C20H24Cl2FeN4S. The number of halogens is 2. The van der Waals surface area contributed by atoms with Crippen molar-refractivity contribution < 1.29 is 13.1 Å². The van der Waals surface area contributed by atoms with E-state index in [0.717, 1.165) is 30.8 Å². The number of aromatic nitrogens is 2. The number of nitrogens with zero attached hydrogens (tertiary/aromatic N) is 4. The number of hydrogen-bond acceptors (Lipinski definition) is 5. The summed E-state index contributed by atoms with van der Waals surface area (Å²) < 4.78 is 1.29. The van der Waals surface area contributed by atoms with Crippen LogP contribution in [0.3, 0.4) is 0 Å². The molecule has 0 amide bonds. The number of likely N-dealkylation sites (tertiary alicyclic amines) is 1. The second kappa shape index (κ2) is 11.5. The summed E-state index contributed by atoms with van der Waals surface area (Å²) in [6.07, 6.45) is 4.43. The van der Waals surface area contributed by atoms with E-state index in [9.17, 15) is 0 Å². The van der Waals surface area contributed by atoms with Crippen molar-refractivity contribution >= 4 is 41.7 Å². The zero-order chi connectivity index (χ0) is 19.8. The van der Waals surface area contributed by atoms with Crippen LogP contribution in [0, 0.1) is 0 Å². The van der Waals surface area contributed by atoms with Gasteiger partial charge in [-0.15, -0.1) is 11.3 Å². The Bertz CT molecular complexity index is 815. The van der Waals surface area contributed by atoms with Crippen LogP contribution in [0.1, 0.15) is 23.5 Å². The van der Waals surface area contributed by atoms with E-state index < -0.39 is 0 Å². The Morgan fingerprint density at radius 1 is 1.21 bits per heavy atom. The Morgan fingerprint density at radius 3 is 2.75 bits per heavy atom. The fourth-order valence-electron chi connectivity index (χ4n) is 3.66. The molecule has 2 aromatic heterocycles. The van der Waals surface area contributed by atoms with Gasteiger partial charge in [-0.05, 0) is 50.7 Å². The summed E-state index contributed by atoms with van der Waals surface area (Å²) in [4.78, 5) is 14.2. The summed E-state index contributed by atoms with van der Waals surface area (Å²) in [7, 11) is 11.7. The molecule has 0 radical (unpaired) electrons. The van der Waals surface area contributed by atoms with E-state index in [0.29, 0.717) is 6.04 Å². The molecule has 4 nitrogen and oxygen atoms in total. The topological polar surface area (TPSA) is 32.3 Å². The predicted molar refractivity (Wildman–Crippen MR) is 115 cm³/mol. The fourth-order valence-corrected chi connectivity index (χ4v) is 4.66. The van der Waals surface area contributed by atoms with Gasteiger partial charge in [-0.25, -0.2) is 4.98 Å². The Labute approximate surface area is 185 Å². The standard InChI is InChI=1S/C20H24N4S.2ClH.Fe/c1-23(13-16-7-4-5-11-21-16)14-17-8-6-12-24(17)15-20-22-18-9-2-3-10-19(18)25-20;;;/h2-5,7,9-11,17H,6,8,12-15H2,1H3;2*1H;/q;;;+2/p-2/t17-;;;/m0.../s1. The van der Waals surface area contributed by atoms with Gasteiger partial charge >= 0.3 is 33.3 Å². The molecule has 0 saturated carbocycles. The molecule has 1 aromatic carbocycles. The number of benzene rings is 1. The van der Waals surface area contributed by atoms with E-state index >= 15 is 0 Å². The Kier molecular flexibility index (Phi) is 9.00. The first-order valence-corrected chi connectivity index (χ1v) is 13.1. The van der Waals surface area contributed by atoms with Crippen molar-refractivity contribution in [2.75, 3.05) is 20.1 Å². The van der Waals surface area contributed by atoms with Crippen LogP contribution in [-0.4, -0.2) is 45.9 Å². The van der Waals surface area contributed by atoms with Crippen molar-refractivity contribution in [1.82, 2.24) is 19.8 Å². The average Bonchev–Trinajstić information content (AvgIpc) is 3.29. The van der Waals surface area contributed by atoms with Gasteiger partial charge in [0.15, 0.2) is 0 Å². The number of pyridine rings is 1. The van der Waals surface area contributed by atoms with Gasteiger partial charge in [-0.1, -0.05) is 18.2 Å². The molecule has 3 aromatic rings. The van der Waals surface area contributed by atoms with E-state index in [1.165, 1.54) is 29.1 Å². The monoisotopic (exact) mass is 478 g/mol. The van der Waals surface area contributed by atoms with Gasteiger partial charge in [0.2, 0.25) is 0 Å². The molecule has 0 bridgehead atoms. The number of rotatable bonds is 6. The van der Waals surface area contributed by atoms with Gasteiger partial charge in [-0.3, -0.25) is 14.8 Å². The third-order valence-electron chi connectivity index (χ3n) is 4.86. The van der Waals surface area contributed by atoms with Crippen LogP contribution in [0.25, 0.3) is 10.2 Å². The summed E-state index contributed by atoms with van der Waals surface area (Å²) in [6, 6.07) is 15.2. The van der Waals surface area contributed by atoms with Crippen LogP contribution >= 0.6 is 31.5 Å². The van der Waals surface area contributed by atoms with Gasteiger partial charge in [0, 0.05) is 25.3 Å². The summed E-state index contributed by atoms with van der Waals surface area (Å²) in [6.45, 7) is 4.15. The maximum absolute atomic E-state index is 4.81. The molecule has 1 atom stereocenters. The molecule has 1 aliphatic heterocycles. The molecule has 1 aliphatic rings. The van der Waals surface area contributed by atoms with Crippen LogP contribution in [0.15, 0.2) is 48.7 Å². The molecule has 28 heavy (non-hydrogen) atoms. The molecule has 0 aliphatic carbocycles. The minimum atomic E-state index is 0.194. The van der Waals surface area contributed by atoms with Gasteiger partial charge in [0.05, 0.1) is 22.5 Å². The molecule has 1 saturated heterocycles. The molecule has 4 rings (SSSR count). The number of hydrogen-bond donors (Lipinski definition) is 0. The van der Waals surface area contributed by atoms with Crippen molar-refractivity contribution in [3.05, 3.63) is 59.4 Å². The Balaban J connectivity index is 0.000000706.